The molecule has 0 saturated heterocycles. The van der Waals surface area contributed by atoms with Gasteiger partial charge in [-0.25, -0.2) is 4.79 Å². The number of fused-ring (bicyclic) bond motifs is 1. The summed E-state index contributed by atoms with van der Waals surface area (Å²) in [4.78, 5) is 33.8. The fraction of sp³-hybridized carbons (Fsp3) is 0.100. The van der Waals surface area contributed by atoms with Gasteiger partial charge in [-0.3, -0.25) is 14.9 Å². The van der Waals surface area contributed by atoms with E-state index in [0.717, 1.165) is 10.8 Å². The second-order valence-corrected chi connectivity index (χ2v) is 5.69. The number of nitro groups is 1. The quantitative estimate of drug-likeness (QED) is 0.275. The van der Waals surface area contributed by atoms with E-state index in [2.05, 4.69) is 0 Å². The molecule has 0 aliphatic heterocycles. The number of hydrogen-bond donors (Lipinski definition) is 0. The summed E-state index contributed by atoms with van der Waals surface area (Å²) in [5.74, 6) is -0.616. The molecular weight excluding hydrogens is 350 g/mol. The van der Waals surface area contributed by atoms with E-state index in [1.165, 1.54) is 24.3 Å². The van der Waals surface area contributed by atoms with Crippen molar-refractivity contribution in [2.75, 3.05) is 13.2 Å². The predicted octanol–water partition coefficient (Wildman–Crippen LogP) is 3.55. The zero-order valence-electron chi connectivity index (χ0n) is 14.2. The van der Waals surface area contributed by atoms with Gasteiger partial charge in [0.05, 0.1) is 4.92 Å². The molecule has 7 nitrogen and oxygen atoms in total. The van der Waals surface area contributed by atoms with Gasteiger partial charge in [0, 0.05) is 17.7 Å². The van der Waals surface area contributed by atoms with Crippen molar-refractivity contribution >= 4 is 28.2 Å². The normalized spacial score (nSPS) is 10.4. The van der Waals surface area contributed by atoms with Crippen molar-refractivity contribution in [3.05, 3.63) is 82.4 Å². The van der Waals surface area contributed by atoms with E-state index >= 15 is 0 Å². The standard InChI is InChI=1S/C20H15NO6/c22-19(15-5-8-17(9-6-15)21(24)25)12-27-20(23)13-26-18-10-7-14-3-1-2-4-16(14)11-18/h1-11H,12-13H2. The molecule has 0 heterocycles. The zero-order valence-corrected chi connectivity index (χ0v) is 14.2. The fourth-order valence-electron chi connectivity index (χ4n) is 2.44. The van der Waals surface area contributed by atoms with Crippen molar-refractivity contribution in [1.29, 1.82) is 0 Å². The van der Waals surface area contributed by atoms with Gasteiger partial charge >= 0.3 is 5.97 Å². The number of benzene rings is 3. The number of carbonyl (C=O) groups is 2. The lowest BCUT2D eigenvalue weighted by Crippen LogP contribution is -2.19. The number of hydrogen-bond acceptors (Lipinski definition) is 6. The number of carbonyl (C=O) groups excluding carboxylic acids is 2. The van der Waals surface area contributed by atoms with Crippen LogP contribution in [0, 0.1) is 10.1 Å². The number of non-ortho nitro benzene ring substituents is 1. The molecule has 0 fully saturated rings. The highest BCUT2D eigenvalue weighted by Crippen LogP contribution is 2.20. The number of rotatable bonds is 7. The molecule has 0 unspecified atom stereocenters. The van der Waals surface area contributed by atoms with E-state index in [1.54, 1.807) is 6.07 Å². The first-order valence-corrected chi connectivity index (χ1v) is 8.08. The second-order valence-electron chi connectivity index (χ2n) is 5.69. The van der Waals surface area contributed by atoms with Crippen LogP contribution in [0.15, 0.2) is 66.7 Å². The van der Waals surface area contributed by atoms with Crippen LogP contribution in [-0.4, -0.2) is 29.9 Å². The Bertz CT molecular complexity index is 997. The molecule has 136 valence electrons. The predicted molar refractivity (Wildman–Crippen MR) is 97.8 cm³/mol. The van der Waals surface area contributed by atoms with Gasteiger partial charge in [0.25, 0.3) is 5.69 Å². The lowest BCUT2D eigenvalue weighted by Gasteiger charge is -2.08. The Labute approximate surface area is 154 Å². The first kappa shape index (κ1) is 18.1. The molecule has 0 aromatic heterocycles. The highest BCUT2D eigenvalue weighted by molar-refractivity contribution is 5.98. The first-order valence-electron chi connectivity index (χ1n) is 8.08. The van der Waals surface area contributed by atoms with Crippen molar-refractivity contribution in [2.24, 2.45) is 0 Å². The average Bonchev–Trinajstić information content (AvgIpc) is 2.70. The summed E-state index contributed by atoms with van der Waals surface area (Å²) in [5, 5.41) is 12.6. The van der Waals surface area contributed by atoms with Crippen molar-refractivity contribution in [2.45, 2.75) is 0 Å². The molecule has 3 aromatic rings. The number of ether oxygens (including phenoxy) is 2. The van der Waals surface area contributed by atoms with E-state index in [0.29, 0.717) is 5.75 Å². The second kappa shape index (κ2) is 8.09. The van der Waals surface area contributed by atoms with Gasteiger partial charge in [-0.05, 0) is 35.0 Å². The molecule has 0 aliphatic rings. The smallest absolute Gasteiger partial charge is 0.344 e. The number of nitrogens with zero attached hydrogens (tertiary/aromatic N) is 1. The largest absolute Gasteiger partial charge is 0.482 e. The van der Waals surface area contributed by atoms with Gasteiger partial charge in [0.15, 0.2) is 19.0 Å². The Hall–Kier alpha value is -3.74. The number of Topliss-reactive ketones (excluding diaryl/α,β-unsaturated/α-hetero) is 1. The van der Waals surface area contributed by atoms with Crippen molar-refractivity contribution in [3.63, 3.8) is 0 Å². The number of ketones is 1. The minimum absolute atomic E-state index is 0.118. The highest BCUT2D eigenvalue weighted by atomic mass is 16.6. The molecule has 0 spiro atoms. The number of esters is 1. The Kier molecular flexibility index (Phi) is 5.41. The van der Waals surface area contributed by atoms with Gasteiger partial charge in [-0.1, -0.05) is 30.3 Å². The summed E-state index contributed by atoms with van der Waals surface area (Å²) in [6.45, 7) is -0.788. The monoisotopic (exact) mass is 365 g/mol. The van der Waals surface area contributed by atoms with Crippen LogP contribution in [0.1, 0.15) is 10.4 Å². The van der Waals surface area contributed by atoms with Crippen LogP contribution in [0.3, 0.4) is 0 Å². The number of nitro benzene ring substituents is 1. The molecule has 7 heteroatoms. The summed E-state index contributed by atoms with van der Waals surface area (Å²) in [5.41, 5.74) is 0.108. The Morgan fingerprint density at radius 3 is 2.30 bits per heavy atom. The molecule has 27 heavy (non-hydrogen) atoms. The van der Waals surface area contributed by atoms with Crippen LogP contribution in [0.2, 0.25) is 0 Å². The maximum absolute atomic E-state index is 12.0. The maximum Gasteiger partial charge on any atom is 0.344 e. The third kappa shape index (κ3) is 4.66. The van der Waals surface area contributed by atoms with E-state index in [-0.39, 0.29) is 17.9 Å². The molecule has 3 rings (SSSR count). The van der Waals surface area contributed by atoms with Crippen LogP contribution in [0.5, 0.6) is 5.75 Å². The highest BCUT2D eigenvalue weighted by Gasteiger charge is 2.12. The third-order valence-electron chi connectivity index (χ3n) is 3.84. The van der Waals surface area contributed by atoms with Gasteiger partial charge in [0.2, 0.25) is 0 Å². The zero-order chi connectivity index (χ0) is 19.2. The minimum atomic E-state index is -0.682. The van der Waals surface area contributed by atoms with Gasteiger partial charge in [-0.2, -0.15) is 0 Å². The molecule has 0 aliphatic carbocycles. The van der Waals surface area contributed by atoms with E-state index in [1.807, 2.05) is 36.4 Å². The Morgan fingerprint density at radius 1 is 0.889 bits per heavy atom. The summed E-state index contributed by atoms with van der Waals surface area (Å²) in [6.07, 6.45) is 0. The van der Waals surface area contributed by atoms with Crippen LogP contribution in [0.25, 0.3) is 10.8 Å². The third-order valence-corrected chi connectivity index (χ3v) is 3.84. The van der Waals surface area contributed by atoms with Crippen LogP contribution in [0.4, 0.5) is 5.69 Å². The van der Waals surface area contributed by atoms with Crippen molar-refractivity contribution in [3.8, 4) is 5.75 Å². The average molecular weight is 365 g/mol. The Morgan fingerprint density at radius 2 is 1.59 bits per heavy atom. The molecule has 0 atom stereocenters. The van der Waals surface area contributed by atoms with E-state index in [4.69, 9.17) is 9.47 Å². The summed E-state index contributed by atoms with van der Waals surface area (Å²) < 4.78 is 10.3. The lowest BCUT2D eigenvalue weighted by atomic mass is 10.1. The van der Waals surface area contributed by atoms with Crippen LogP contribution in [-0.2, 0) is 9.53 Å². The molecule has 3 aromatic carbocycles. The van der Waals surface area contributed by atoms with E-state index in [9.17, 15) is 19.7 Å². The maximum atomic E-state index is 12.0. The molecule has 0 bridgehead atoms. The van der Waals surface area contributed by atoms with Gasteiger partial charge in [0.1, 0.15) is 5.75 Å². The summed E-state index contributed by atoms with van der Waals surface area (Å²) >= 11 is 0. The molecule has 0 amide bonds. The molecule has 0 N–H and O–H groups in total. The van der Waals surface area contributed by atoms with Crippen molar-refractivity contribution < 1.29 is 24.0 Å². The van der Waals surface area contributed by atoms with Crippen molar-refractivity contribution in [1.82, 2.24) is 0 Å². The summed E-state index contributed by atoms with van der Waals surface area (Å²) in [7, 11) is 0. The molecule has 0 radical (unpaired) electrons. The van der Waals surface area contributed by atoms with Gasteiger partial charge in [-0.15, -0.1) is 0 Å². The SMILES string of the molecule is O=C(COc1ccc2ccccc2c1)OCC(=O)c1ccc([N+](=O)[O-])cc1. The topological polar surface area (TPSA) is 95.7 Å². The molecule has 0 saturated carbocycles. The first-order chi connectivity index (χ1) is 13.0. The van der Waals surface area contributed by atoms with Gasteiger partial charge < -0.3 is 9.47 Å². The molecular formula is C20H15NO6. The van der Waals surface area contributed by atoms with Crippen LogP contribution >= 0.6 is 0 Å². The van der Waals surface area contributed by atoms with Crippen LogP contribution < -0.4 is 4.74 Å². The van der Waals surface area contributed by atoms with E-state index < -0.39 is 23.3 Å². The lowest BCUT2D eigenvalue weighted by molar-refractivity contribution is -0.384. The Balaban J connectivity index is 1.49. The summed E-state index contributed by atoms with van der Waals surface area (Å²) in [6, 6.07) is 18.3. The fourth-order valence-corrected chi connectivity index (χ4v) is 2.44. The minimum Gasteiger partial charge on any atom is -0.482 e.